The number of unbranched alkanes of at least 4 members (excludes halogenated alkanes) is 4. The summed E-state index contributed by atoms with van der Waals surface area (Å²) < 4.78 is 0. The second-order valence-electron chi connectivity index (χ2n) is 5.20. The van der Waals surface area contributed by atoms with E-state index in [4.69, 9.17) is 0 Å². The van der Waals surface area contributed by atoms with Gasteiger partial charge < -0.3 is 0 Å². The van der Waals surface area contributed by atoms with Gasteiger partial charge in [-0.1, -0.05) is 70.4 Å². The maximum atomic E-state index is 3.91. The molecule has 0 nitrogen and oxygen atoms in total. The molecule has 0 N–H and O–H groups in total. The lowest BCUT2D eigenvalue weighted by atomic mass is 9.98. The predicted octanol–water partition coefficient (Wildman–Crippen LogP) is 5.80. The summed E-state index contributed by atoms with van der Waals surface area (Å²) in [4.78, 5) is 0. The molecule has 0 atom stereocenters. The smallest absolute Gasteiger partial charge is 0.0257 e. The molecule has 0 aliphatic heterocycles. The molecule has 0 aliphatic rings. The van der Waals surface area contributed by atoms with Gasteiger partial charge in [-0.05, 0) is 42.4 Å². The Morgan fingerprint density at radius 2 is 1.33 bits per heavy atom. The third-order valence-electron chi connectivity index (χ3n) is 3.45. The predicted molar refractivity (Wildman–Crippen MR) is 83.0 cm³/mol. The molecule has 0 heterocycles. The number of rotatable bonds is 9. The molecule has 0 spiro atoms. The third-order valence-corrected chi connectivity index (χ3v) is 3.45. The maximum absolute atomic E-state index is 3.91. The van der Waals surface area contributed by atoms with E-state index in [0.717, 1.165) is 0 Å². The van der Waals surface area contributed by atoms with Gasteiger partial charge >= 0.3 is 0 Å². The quantitative estimate of drug-likeness (QED) is 0.482. The fourth-order valence-electron chi connectivity index (χ4n) is 2.36. The second-order valence-corrected chi connectivity index (χ2v) is 5.20. The van der Waals surface area contributed by atoms with E-state index in [1.807, 2.05) is 6.08 Å². The second kappa shape index (κ2) is 8.97. The van der Waals surface area contributed by atoms with E-state index in [9.17, 15) is 0 Å². The molecule has 100 valence electrons. The van der Waals surface area contributed by atoms with Gasteiger partial charge in [-0.2, -0.15) is 0 Å². The van der Waals surface area contributed by atoms with Crippen molar-refractivity contribution in [3.63, 3.8) is 0 Å². The van der Waals surface area contributed by atoms with Crippen LogP contribution in [0.3, 0.4) is 0 Å². The molecule has 0 unspecified atom stereocenters. The van der Waals surface area contributed by atoms with Crippen LogP contribution in [0.5, 0.6) is 0 Å². The lowest BCUT2D eigenvalue weighted by molar-refractivity contribution is 0.708. The van der Waals surface area contributed by atoms with Gasteiger partial charge in [0, 0.05) is 0 Å². The molecule has 18 heavy (non-hydrogen) atoms. The van der Waals surface area contributed by atoms with Crippen LogP contribution in [0.4, 0.5) is 0 Å². The topological polar surface area (TPSA) is 0 Å². The number of benzene rings is 1. The van der Waals surface area contributed by atoms with Gasteiger partial charge in [-0.15, -0.1) is 0 Å². The van der Waals surface area contributed by atoms with E-state index in [0.29, 0.717) is 0 Å². The van der Waals surface area contributed by atoms with Crippen LogP contribution in [-0.4, -0.2) is 0 Å². The van der Waals surface area contributed by atoms with Crippen LogP contribution in [0.2, 0.25) is 0 Å². The Balaban J connectivity index is 2.64. The van der Waals surface area contributed by atoms with Gasteiger partial charge in [0.05, 0.1) is 0 Å². The molecule has 0 saturated heterocycles. The molecular formula is C18H28. The van der Waals surface area contributed by atoms with Crippen LogP contribution in [0.15, 0.2) is 24.8 Å². The molecule has 1 aromatic carbocycles. The summed E-state index contributed by atoms with van der Waals surface area (Å²) in [7, 11) is 0. The summed E-state index contributed by atoms with van der Waals surface area (Å²) in [5, 5.41) is 0. The van der Waals surface area contributed by atoms with Gasteiger partial charge in [0.1, 0.15) is 0 Å². The van der Waals surface area contributed by atoms with Crippen LogP contribution >= 0.6 is 0 Å². The first kappa shape index (κ1) is 15.0. The van der Waals surface area contributed by atoms with Crippen molar-refractivity contribution in [2.75, 3.05) is 0 Å². The van der Waals surface area contributed by atoms with Gasteiger partial charge in [0.15, 0.2) is 0 Å². The minimum Gasteiger partial charge on any atom is -0.0985 e. The Hall–Kier alpha value is -1.04. The van der Waals surface area contributed by atoms with E-state index < -0.39 is 0 Å². The fourth-order valence-corrected chi connectivity index (χ4v) is 2.36. The Kier molecular flexibility index (Phi) is 7.48. The minimum atomic E-state index is 1.22. The summed E-state index contributed by atoms with van der Waals surface area (Å²) in [6.45, 7) is 8.43. The Bertz CT molecular complexity index is 321. The maximum Gasteiger partial charge on any atom is -0.0257 e. The SMILES string of the molecule is C=Cc1cc(CCCCC)cc(CCCCC)c1. The molecule has 0 fully saturated rings. The van der Waals surface area contributed by atoms with Crippen molar-refractivity contribution in [2.24, 2.45) is 0 Å². The molecule has 0 bridgehead atoms. The van der Waals surface area contributed by atoms with Crippen molar-refractivity contribution in [2.45, 2.75) is 65.2 Å². The summed E-state index contributed by atoms with van der Waals surface area (Å²) in [6, 6.07) is 7.00. The van der Waals surface area contributed by atoms with E-state index in [1.165, 1.54) is 68.1 Å². The zero-order valence-corrected chi connectivity index (χ0v) is 12.2. The van der Waals surface area contributed by atoms with Crippen LogP contribution in [0.25, 0.3) is 6.08 Å². The van der Waals surface area contributed by atoms with Crippen LogP contribution in [0, 0.1) is 0 Å². The Morgan fingerprint density at radius 3 is 1.72 bits per heavy atom. The Labute approximate surface area is 113 Å². The highest BCUT2D eigenvalue weighted by molar-refractivity contribution is 5.50. The minimum absolute atomic E-state index is 1.22. The third kappa shape index (κ3) is 5.53. The van der Waals surface area contributed by atoms with Gasteiger partial charge in [-0.3, -0.25) is 0 Å². The molecule has 1 rings (SSSR count). The fraction of sp³-hybridized carbons (Fsp3) is 0.556. The number of hydrogen-bond donors (Lipinski definition) is 0. The van der Waals surface area contributed by atoms with Gasteiger partial charge in [0.25, 0.3) is 0 Å². The molecular weight excluding hydrogens is 216 g/mol. The van der Waals surface area contributed by atoms with Crippen LogP contribution in [0.1, 0.15) is 69.1 Å². The molecule has 0 aliphatic carbocycles. The van der Waals surface area contributed by atoms with Crippen molar-refractivity contribution in [3.05, 3.63) is 41.5 Å². The zero-order chi connectivity index (χ0) is 13.2. The van der Waals surface area contributed by atoms with Gasteiger partial charge in [0.2, 0.25) is 0 Å². The molecule has 1 aromatic rings. The van der Waals surface area contributed by atoms with Gasteiger partial charge in [-0.25, -0.2) is 0 Å². The molecule has 0 radical (unpaired) electrons. The van der Waals surface area contributed by atoms with E-state index >= 15 is 0 Å². The highest BCUT2D eigenvalue weighted by Gasteiger charge is 2.00. The monoisotopic (exact) mass is 244 g/mol. The van der Waals surface area contributed by atoms with Crippen molar-refractivity contribution >= 4 is 6.08 Å². The number of aryl methyl sites for hydroxylation is 2. The summed E-state index contributed by atoms with van der Waals surface area (Å²) in [5.41, 5.74) is 4.27. The molecule has 0 saturated carbocycles. The Morgan fingerprint density at radius 1 is 0.833 bits per heavy atom. The summed E-state index contributed by atoms with van der Waals surface area (Å²) >= 11 is 0. The highest BCUT2D eigenvalue weighted by Crippen LogP contribution is 2.16. The lowest BCUT2D eigenvalue weighted by Gasteiger charge is -2.08. The normalized spacial score (nSPS) is 10.6. The zero-order valence-electron chi connectivity index (χ0n) is 12.2. The van der Waals surface area contributed by atoms with Crippen molar-refractivity contribution in [1.29, 1.82) is 0 Å². The van der Waals surface area contributed by atoms with Crippen molar-refractivity contribution in [3.8, 4) is 0 Å². The first-order valence-corrected chi connectivity index (χ1v) is 7.55. The average molecular weight is 244 g/mol. The number of hydrogen-bond acceptors (Lipinski definition) is 0. The highest BCUT2D eigenvalue weighted by atomic mass is 14.1. The largest absolute Gasteiger partial charge is 0.0985 e. The summed E-state index contributed by atoms with van der Waals surface area (Å²) in [6.07, 6.45) is 12.3. The van der Waals surface area contributed by atoms with Crippen LogP contribution < -0.4 is 0 Å². The standard InChI is InChI=1S/C18H28/c1-4-7-9-11-17-13-16(6-3)14-18(15-17)12-10-8-5-2/h6,13-15H,3-5,7-12H2,1-2H3. The van der Waals surface area contributed by atoms with Crippen molar-refractivity contribution < 1.29 is 0 Å². The first-order valence-electron chi connectivity index (χ1n) is 7.55. The molecule has 0 heteroatoms. The van der Waals surface area contributed by atoms with E-state index in [2.05, 4.69) is 38.6 Å². The van der Waals surface area contributed by atoms with Crippen molar-refractivity contribution in [1.82, 2.24) is 0 Å². The summed E-state index contributed by atoms with van der Waals surface area (Å²) in [5.74, 6) is 0. The van der Waals surface area contributed by atoms with E-state index in [-0.39, 0.29) is 0 Å². The lowest BCUT2D eigenvalue weighted by Crippen LogP contribution is -1.92. The molecule has 0 aromatic heterocycles. The first-order chi connectivity index (χ1) is 8.80. The average Bonchev–Trinajstić information content (AvgIpc) is 2.39. The van der Waals surface area contributed by atoms with Crippen LogP contribution in [-0.2, 0) is 12.8 Å². The molecule has 0 amide bonds. The van der Waals surface area contributed by atoms with E-state index in [1.54, 1.807) is 0 Å².